The van der Waals surface area contributed by atoms with Crippen LogP contribution in [-0.2, 0) is 23.8 Å². The SMILES string of the molecule is C=C=C=C=C1C(CCCCC)CC(=O)OCCCCCCCCC(OCCCCN2CCN(C)CC2)CCCCCCCCOC(=O)CC1CCCCC. The Morgan fingerprint density at radius 1 is 0.667 bits per heavy atom. The van der Waals surface area contributed by atoms with Gasteiger partial charge in [-0.1, -0.05) is 128 Å². The number of esters is 2. The third kappa shape index (κ3) is 24.4. The minimum atomic E-state index is -0.153. The zero-order chi connectivity index (χ0) is 38.9. The molecule has 0 N–H and O–H groups in total. The molecule has 310 valence electrons. The molecule has 2 heterocycles. The van der Waals surface area contributed by atoms with Crippen LogP contribution in [0.2, 0.25) is 0 Å². The van der Waals surface area contributed by atoms with Crippen molar-refractivity contribution in [1.82, 2.24) is 9.80 Å². The zero-order valence-corrected chi connectivity index (χ0v) is 35.4. The van der Waals surface area contributed by atoms with Crippen molar-refractivity contribution >= 4 is 11.9 Å². The number of carbonyl (C=O) groups excluding carboxylic acids is 2. The second-order valence-electron chi connectivity index (χ2n) is 16.3. The van der Waals surface area contributed by atoms with Crippen LogP contribution >= 0.6 is 0 Å². The first-order chi connectivity index (χ1) is 26.5. The number of unbranched alkanes of at least 4 members (excludes halogenated alkanes) is 5. The van der Waals surface area contributed by atoms with Gasteiger partial charge in [0.1, 0.15) is 0 Å². The molecule has 0 aromatic carbocycles. The number of nitrogens with zero attached hydrogens (tertiary/aromatic N) is 2. The average molecular weight is 755 g/mol. The van der Waals surface area contributed by atoms with Crippen LogP contribution in [0.3, 0.4) is 0 Å². The molecule has 0 aromatic rings. The quantitative estimate of drug-likeness (QED) is 0.0993. The Balaban J connectivity index is 1.97. The van der Waals surface area contributed by atoms with E-state index in [4.69, 9.17) is 14.2 Å². The summed E-state index contributed by atoms with van der Waals surface area (Å²) in [5.74, 6) is -0.393. The normalized spacial score (nSPS) is 23.8. The minimum absolute atomic E-state index is 0.0437. The van der Waals surface area contributed by atoms with Gasteiger partial charge in [0.05, 0.1) is 32.2 Å². The van der Waals surface area contributed by atoms with Gasteiger partial charge < -0.3 is 24.0 Å². The number of hydrogen-bond donors (Lipinski definition) is 0. The van der Waals surface area contributed by atoms with Crippen molar-refractivity contribution < 1.29 is 23.8 Å². The predicted molar refractivity (Wildman–Crippen MR) is 224 cm³/mol. The van der Waals surface area contributed by atoms with Gasteiger partial charge >= 0.3 is 11.9 Å². The van der Waals surface area contributed by atoms with E-state index in [-0.39, 0.29) is 23.8 Å². The molecule has 54 heavy (non-hydrogen) atoms. The molecular formula is C47H82N2O5. The van der Waals surface area contributed by atoms with Crippen molar-refractivity contribution in [2.75, 3.05) is 59.6 Å². The Kier molecular flexibility index (Phi) is 29.4. The maximum absolute atomic E-state index is 13.2. The largest absolute Gasteiger partial charge is 0.466 e. The lowest BCUT2D eigenvalue weighted by atomic mass is 9.79. The molecule has 2 saturated heterocycles. The third-order valence-corrected chi connectivity index (χ3v) is 11.5. The lowest BCUT2D eigenvalue weighted by Gasteiger charge is -2.32. The second-order valence-corrected chi connectivity index (χ2v) is 16.3. The Bertz CT molecular complexity index is 1030. The topological polar surface area (TPSA) is 68.3 Å². The van der Waals surface area contributed by atoms with Gasteiger partial charge in [-0.25, -0.2) is 0 Å². The first kappa shape index (κ1) is 48.0. The van der Waals surface area contributed by atoms with Crippen molar-refractivity contribution in [3.05, 3.63) is 29.3 Å². The molecule has 0 bridgehead atoms. The van der Waals surface area contributed by atoms with Gasteiger partial charge in [-0.15, -0.1) is 0 Å². The van der Waals surface area contributed by atoms with Gasteiger partial charge in [-0.05, 0) is 94.7 Å². The van der Waals surface area contributed by atoms with Crippen molar-refractivity contribution in [3.63, 3.8) is 0 Å². The number of carbonyl (C=O) groups is 2. The third-order valence-electron chi connectivity index (χ3n) is 11.5. The van der Waals surface area contributed by atoms with Crippen molar-refractivity contribution in [1.29, 1.82) is 0 Å². The van der Waals surface area contributed by atoms with Gasteiger partial charge in [-0.2, -0.15) is 0 Å². The van der Waals surface area contributed by atoms with E-state index in [9.17, 15) is 9.59 Å². The molecule has 2 rings (SSSR count). The van der Waals surface area contributed by atoms with Crippen molar-refractivity contribution in [2.45, 2.75) is 187 Å². The molecular weight excluding hydrogens is 673 g/mol. The fourth-order valence-corrected chi connectivity index (χ4v) is 7.99. The van der Waals surface area contributed by atoms with Crippen molar-refractivity contribution in [2.24, 2.45) is 11.8 Å². The van der Waals surface area contributed by atoms with Crippen LogP contribution in [0.5, 0.6) is 0 Å². The van der Waals surface area contributed by atoms with Crippen LogP contribution in [0, 0.1) is 11.8 Å². The number of likely N-dealkylation sites (N-methyl/N-ethyl adjacent to an activating group) is 1. The first-order valence-electron chi connectivity index (χ1n) is 22.7. The molecule has 0 radical (unpaired) electrons. The lowest BCUT2D eigenvalue weighted by molar-refractivity contribution is -0.145. The standard InChI is InChI=1S/C47H82N2O5/c1-5-8-19-27-42-40-46(50)53-38-24-17-13-11-15-21-29-44(52-37-26-23-32-49-35-33-48(4)34-36-49)30-22-16-12-14-18-25-39-54-47(51)41-43(28-20-9-6-2)45(42)31-10-7-3/h42-44H,3,5-6,8-9,11-30,32-41H2,1-2,4H3. The summed E-state index contributed by atoms with van der Waals surface area (Å²) in [5.41, 5.74) is 10.0. The van der Waals surface area contributed by atoms with E-state index in [2.05, 4.69) is 54.5 Å². The molecule has 0 spiro atoms. The molecule has 2 aliphatic rings. The van der Waals surface area contributed by atoms with Crippen LogP contribution in [0.25, 0.3) is 0 Å². The highest BCUT2D eigenvalue weighted by Gasteiger charge is 2.28. The number of rotatable bonds is 14. The van der Waals surface area contributed by atoms with E-state index >= 15 is 0 Å². The Morgan fingerprint density at radius 3 is 1.67 bits per heavy atom. The van der Waals surface area contributed by atoms with Gasteiger partial charge in [0.15, 0.2) is 0 Å². The molecule has 2 fully saturated rings. The monoisotopic (exact) mass is 755 g/mol. The summed E-state index contributed by atoms with van der Waals surface area (Å²) in [6, 6.07) is 0. The fraction of sp³-hybridized carbons (Fsp3) is 0.851. The molecule has 2 aliphatic heterocycles. The smallest absolute Gasteiger partial charge is 0.306 e. The highest BCUT2D eigenvalue weighted by molar-refractivity contribution is 5.71. The minimum Gasteiger partial charge on any atom is -0.466 e. The Hall–Kier alpha value is -2.10. The summed E-state index contributed by atoms with van der Waals surface area (Å²) in [6.07, 6.45) is 27.6. The molecule has 0 saturated carbocycles. The predicted octanol–water partition coefficient (Wildman–Crippen LogP) is 11.2. The average Bonchev–Trinajstić information content (AvgIpc) is 3.16. The number of ether oxygens (including phenoxy) is 3. The van der Waals surface area contributed by atoms with Gasteiger partial charge in [0.2, 0.25) is 0 Å². The van der Waals surface area contributed by atoms with Crippen LogP contribution in [0.1, 0.15) is 181 Å². The molecule has 7 heteroatoms. The number of piperazine rings is 1. The number of allylic oxidation sites excluding steroid dienone is 1. The molecule has 2 unspecified atom stereocenters. The Morgan fingerprint density at radius 2 is 1.17 bits per heavy atom. The summed E-state index contributed by atoms with van der Waals surface area (Å²) in [6.45, 7) is 15.9. The van der Waals surface area contributed by atoms with Crippen LogP contribution in [-0.4, -0.2) is 87.4 Å². The van der Waals surface area contributed by atoms with Gasteiger partial charge in [0, 0.05) is 32.8 Å². The molecule has 7 nitrogen and oxygen atoms in total. The van der Waals surface area contributed by atoms with E-state index in [0.717, 1.165) is 108 Å². The highest BCUT2D eigenvalue weighted by atomic mass is 16.5. The summed E-state index contributed by atoms with van der Waals surface area (Å²) >= 11 is 0. The summed E-state index contributed by atoms with van der Waals surface area (Å²) < 4.78 is 18.1. The molecule has 2 atom stereocenters. The van der Waals surface area contributed by atoms with Crippen molar-refractivity contribution in [3.8, 4) is 0 Å². The fourth-order valence-electron chi connectivity index (χ4n) is 7.99. The maximum Gasteiger partial charge on any atom is 0.306 e. The van der Waals surface area contributed by atoms with Gasteiger partial charge in [0.25, 0.3) is 0 Å². The number of hydrogen-bond acceptors (Lipinski definition) is 7. The maximum atomic E-state index is 13.2. The summed E-state index contributed by atoms with van der Waals surface area (Å²) in [7, 11) is 2.22. The lowest BCUT2D eigenvalue weighted by Crippen LogP contribution is -2.44. The van der Waals surface area contributed by atoms with E-state index in [1.807, 2.05) is 0 Å². The first-order valence-corrected chi connectivity index (χ1v) is 22.7. The zero-order valence-electron chi connectivity index (χ0n) is 35.4. The van der Waals surface area contributed by atoms with E-state index in [1.54, 1.807) is 0 Å². The molecule has 0 aromatic heterocycles. The van der Waals surface area contributed by atoms with Crippen LogP contribution in [0.15, 0.2) is 29.3 Å². The van der Waals surface area contributed by atoms with E-state index in [1.165, 1.54) is 90.5 Å². The van der Waals surface area contributed by atoms with E-state index in [0.29, 0.717) is 32.2 Å². The van der Waals surface area contributed by atoms with Gasteiger partial charge in [-0.3, -0.25) is 9.59 Å². The molecule has 0 amide bonds. The number of cyclic esters (lactones) is 2. The Labute approximate surface area is 332 Å². The summed E-state index contributed by atoms with van der Waals surface area (Å²) in [5, 5.41) is 0. The highest BCUT2D eigenvalue weighted by Crippen LogP contribution is 2.33. The second kappa shape index (κ2) is 33.1. The van der Waals surface area contributed by atoms with E-state index < -0.39 is 0 Å². The van der Waals surface area contributed by atoms with Crippen LogP contribution < -0.4 is 0 Å². The summed E-state index contributed by atoms with van der Waals surface area (Å²) in [4.78, 5) is 31.5. The van der Waals surface area contributed by atoms with Crippen LogP contribution in [0.4, 0.5) is 0 Å². The molecule has 0 aliphatic carbocycles.